The predicted molar refractivity (Wildman–Crippen MR) is 76.4 cm³/mol. The molecule has 1 heterocycles. The lowest BCUT2D eigenvalue weighted by Gasteiger charge is -2.19. The molecule has 0 saturated heterocycles. The molecule has 3 nitrogen and oxygen atoms in total. The molecule has 0 saturated carbocycles. The molecule has 2 atom stereocenters. The third-order valence-electron chi connectivity index (χ3n) is 3.30. The molecule has 0 fully saturated rings. The maximum Gasteiger partial charge on any atom is 0.120 e. The van der Waals surface area contributed by atoms with Crippen molar-refractivity contribution in [3.05, 3.63) is 53.5 Å². The van der Waals surface area contributed by atoms with E-state index in [1.807, 2.05) is 31.2 Å². The van der Waals surface area contributed by atoms with Crippen molar-refractivity contribution >= 4 is 0 Å². The molecule has 0 amide bonds. The van der Waals surface area contributed by atoms with Gasteiger partial charge in [0.25, 0.3) is 0 Å². The second-order valence-electron chi connectivity index (χ2n) is 4.83. The van der Waals surface area contributed by atoms with Gasteiger partial charge in [-0.15, -0.1) is 0 Å². The van der Waals surface area contributed by atoms with Crippen LogP contribution in [-0.2, 0) is 0 Å². The van der Waals surface area contributed by atoms with Crippen LogP contribution < -0.4 is 10.1 Å². The number of aryl methyl sites for hydroxylation is 1. The Bertz CT molecular complexity index is 516. The van der Waals surface area contributed by atoms with Crippen molar-refractivity contribution in [1.29, 1.82) is 0 Å². The Morgan fingerprint density at radius 2 is 1.68 bits per heavy atom. The van der Waals surface area contributed by atoms with Crippen molar-refractivity contribution in [2.45, 2.75) is 32.9 Å². The number of hydrogen-bond donors (Lipinski definition) is 1. The Morgan fingerprint density at radius 1 is 1.00 bits per heavy atom. The van der Waals surface area contributed by atoms with E-state index < -0.39 is 0 Å². The second-order valence-corrected chi connectivity index (χ2v) is 4.83. The van der Waals surface area contributed by atoms with Crippen molar-refractivity contribution in [2.24, 2.45) is 0 Å². The first kappa shape index (κ1) is 13.7. The average Bonchev–Trinajstić information content (AvgIpc) is 2.85. The van der Waals surface area contributed by atoms with Gasteiger partial charge in [0, 0.05) is 6.04 Å². The number of rotatable bonds is 5. The Hall–Kier alpha value is -1.74. The quantitative estimate of drug-likeness (QED) is 0.881. The summed E-state index contributed by atoms with van der Waals surface area (Å²) in [5.41, 5.74) is 1.23. The zero-order valence-electron chi connectivity index (χ0n) is 11.9. The van der Waals surface area contributed by atoms with Gasteiger partial charge in [0.05, 0.1) is 13.2 Å². The van der Waals surface area contributed by atoms with Gasteiger partial charge in [0.1, 0.15) is 17.3 Å². The summed E-state index contributed by atoms with van der Waals surface area (Å²) >= 11 is 0. The molecule has 1 aromatic carbocycles. The third kappa shape index (κ3) is 3.38. The van der Waals surface area contributed by atoms with Crippen molar-refractivity contribution in [1.82, 2.24) is 5.32 Å². The van der Waals surface area contributed by atoms with Crippen molar-refractivity contribution in [3.63, 3.8) is 0 Å². The standard InChI is InChI=1S/C16H21NO2/c1-11-5-10-16(19-11)13(3)17-12(2)14-6-8-15(18-4)9-7-14/h5-10,12-13,17H,1-4H3/t12-,13?/m1/s1. The lowest BCUT2D eigenvalue weighted by atomic mass is 10.1. The fraction of sp³-hybridized carbons (Fsp3) is 0.375. The van der Waals surface area contributed by atoms with Crippen LogP contribution in [0.1, 0.15) is 43.0 Å². The van der Waals surface area contributed by atoms with Crippen molar-refractivity contribution in [2.75, 3.05) is 7.11 Å². The van der Waals surface area contributed by atoms with E-state index in [0.717, 1.165) is 17.3 Å². The molecule has 0 aliphatic carbocycles. The summed E-state index contributed by atoms with van der Waals surface area (Å²) < 4.78 is 10.8. The fourth-order valence-corrected chi connectivity index (χ4v) is 2.13. The molecule has 0 bridgehead atoms. The fourth-order valence-electron chi connectivity index (χ4n) is 2.13. The van der Waals surface area contributed by atoms with Gasteiger partial charge < -0.3 is 14.5 Å². The second kappa shape index (κ2) is 5.93. The van der Waals surface area contributed by atoms with Crippen LogP contribution in [0.2, 0.25) is 0 Å². The molecule has 0 spiro atoms. The first-order valence-electron chi connectivity index (χ1n) is 6.56. The Morgan fingerprint density at radius 3 is 2.21 bits per heavy atom. The molecule has 1 N–H and O–H groups in total. The Kier molecular flexibility index (Phi) is 4.27. The number of nitrogens with one attached hydrogen (secondary N) is 1. The maximum absolute atomic E-state index is 5.64. The van der Waals surface area contributed by atoms with Gasteiger partial charge in [0.2, 0.25) is 0 Å². The topological polar surface area (TPSA) is 34.4 Å². The average molecular weight is 259 g/mol. The van der Waals surface area contributed by atoms with Gasteiger partial charge in [-0.1, -0.05) is 12.1 Å². The van der Waals surface area contributed by atoms with E-state index in [4.69, 9.17) is 9.15 Å². The molecule has 102 valence electrons. The third-order valence-corrected chi connectivity index (χ3v) is 3.30. The predicted octanol–water partition coefficient (Wildman–Crippen LogP) is 4.01. The summed E-state index contributed by atoms with van der Waals surface area (Å²) in [4.78, 5) is 0. The highest BCUT2D eigenvalue weighted by Gasteiger charge is 2.13. The number of methoxy groups -OCH3 is 1. The molecule has 1 unspecified atom stereocenters. The van der Waals surface area contributed by atoms with Crippen LogP contribution in [0.5, 0.6) is 5.75 Å². The van der Waals surface area contributed by atoms with E-state index in [1.165, 1.54) is 5.56 Å². The van der Waals surface area contributed by atoms with Gasteiger partial charge in [-0.2, -0.15) is 0 Å². The van der Waals surface area contributed by atoms with Gasteiger partial charge in [-0.25, -0.2) is 0 Å². The summed E-state index contributed by atoms with van der Waals surface area (Å²) in [6.07, 6.45) is 0. The lowest BCUT2D eigenvalue weighted by molar-refractivity contribution is 0.391. The monoisotopic (exact) mass is 259 g/mol. The minimum atomic E-state index is 0.186. The number of ether oxygens (including phenoxy) is 1. The van der Waals surface area contributed by atoms with E-state index >= 15 is 0 Å². The summed E-state index contributed by atoms with van der Waals surface area (Å²) in [5, 5.41) is 3.53. The smallest absolute Gasteiger partial charge is 0.120 e. The van der Waals surface area contributed by atoms with E-state index in [2.05, 4.69) is 31.3 Å². The number of furan rings is 1. The summed E-state index contributed by atoms with van der Waals surface area (Å²) in [6, 6.07) is 12.6. The molecule has 1 aromatic heterocycles. The van der Waals surface area contributed by atoms with Gasteiger partial charge in [-0.3, -0.25) is 0 Å². The molecule has 2 rings (SSSR count). The van der Waals surface area contributed by atoms with Gasteiger partial charge >= 0.3 is 0 Å². The minimum absolute atomic E-state index is 0.186. The normalized spacial score (nSPS) is 14.1. The van der Waals surface area contributed by atoms with Crippen molar-refractivity contribution in [3.8, 4) is 5.75 Å². The van der Waals surface area contributed by atoms with E-state index in [0.29, 0.717) is 0 Å². The molecule has 0 aliphatic rings. The van der Waals surface area contributed by atoms with E-state index in [1.54, 1.807) is 7.11 Å². The first-order valence-corrected chi connectivity index (χ1v) is 6.56. The van der Waals surface area contributed by atoms with Crippen LogP contribution in [0, 0.1) is 6.92 Å². The highest BCUT2D eigenvalue weighted by atomic mass is 16.5. The highest BCUT2D eigenvalue weighted by Crippen LogP contribution is 2.22. The number of benzene rings is 1. The van der Waals surface area contributed by atoms with Crippen LogP contribution in [0.25, 0.3) is 0 Å². The van der Waals surface area contributed by atoms with E-state index in [9.17, 15) is 0 Å². The number of hydrogen-bond acceptors (Lipinski definition) is 3. The van der Waals surface area contributed by atoms with Gasteiger partial charge in [0.15, 0.2) is 0 Å². The molecular weight excluding hydrogens is 238 g/mol. The van der Waals surface area contributed by atoms with Crippen LogP contribution >= 0.6 is 0 Å². The summed E-state index contributed by atoms with van der Waals surface area (Å²) in [5.74, 6) is 2.80. The van der Waals surface area contributed by atoms with Crippen LogP contribution in [0.3, 0.4) is 0 Å². The highest BCUT2D eigenvalue weighted by molar-refractivity contribution is 5.29. The van der Waals surface area contributed by atoms with Gasteiger partial charge in [-0.05, 0) is 50.6 Å². The van der Waals surface area contributed by atoms with E-state index in [-0.39, 0.29) is 12.1 Å². The maximum atomic E-state index is 5.64. The SMILES string of the molecule is COc1ccc([C@@H](C)NC(C)c2ccc(C)o2)cc1. The van der Waals surface area contributed by atoms with Crippen LogP contribution in [0.15, 0.2) is 40.8 Å². The largest absolute Gasteiger partial charge is 0.497 e. The summed E-state index contributed by atoms with van der Waals surface area (Å²) in [7, 11) is 1.68. The Labute approximate surface area is 114 Å². The zero-order chi connectivity index (χ0) is 13.8. The molecule has 0 radical (unpaired) electrons. The van der Waals surface area contributed by atoms with Crippen molar-refractivity contribution < 1.29 is 9.15 Å². The summed E-state index contributed by atoms with van der Waals surface area (Å²) in [6.45, 7) is 6.22. The Balaban J connectivity index is 2.01. The lowest BCUT2D eigenvalue weighted by Crippen LogP contribution is -2.22. The molecular formula is C16H21NO2. The minimum Gasteiger partial charge on any atom is -0.497 e. The molecule has 0 aliphatic heterocycles. The first-order chi connectivity index (χ1) is 9.10. The van der Waals surface area contributed by atoms with Crippen LogP contribution in [-0.4, -0.2) is 7.11 Å². The molecule has 19 heavy (non-hydrogen) atoms. The zero-order valence-corrected chi connectivity index (χ0v) is 11.9. The van der Waals surface area contributed by atoms with Crippen LogP contribution in [0.4, 0.5) is 0 Å². The molecule has 3 heteroatoms. The molecule has 2 aromatic rings.